The predicted molar refractivity (Wildman–Crippen MR) is 87.6 cm³/mol. The Morgan fingerprint density at radius 3 is 2.59 bits per heavy atom. The maximum Gasteiger partial charge on any atom is 0.245 e. The smallest absolute Gasteiger partial charge is 0.245 e. The molecule has 0 saturated heterocycles. The second kappa shape index (κ2) is 5.89. The van der Waals surface area contributed by atoms with E-state index in [-0.39, 0.29) is 16.0 Å². The molecular weight excluding hydrogens is 343 g/mol. The molecule has 0 N–H and O–H groups in total. The van der Waals surface area contributed by atoms with E-state index in [1.807, 2.05) is 29.9 Å². The van der Waals surface area contributed by atoms with Gasteiger partial charge in [-0.1, -0.05) is 23.2 Å². The fraction of sp³-hybridized carbons (Fsp3) is 0.333. The lowest BCUT2D eigenvalue weighted by molar-refractivity contribution is 0.390. The first-order valence-electron chi connectivity index (χ1n) is 6.96. The van der Waals surface area contributed by atoms with Crippen LogP contribution in [0.25, 0.3) is 0 Å². The summed E-state index contributed by atoms with van der Waals surface area (Å²) in [4.78, 5) is 0.0720. The van der Waals surface area contributed by atoms with Crippen molar-refractivity contribution >= 4 is 33.2 Å². The number of nitrogens with zero attached hydrogens (tertiary/aromatic N) is 2. The average Bonchev–Trinajstić information content (AvgIpc) is 3.22. The van der Waals surface area contributed by atoms with Gasteiger partial charge in [-0.3, -0.25) is 0 Å². The molecule has 1 heterocycles. The number of benzene rings is 1. The summed E-state index contributed by atoms with van der Waals surface area (Å²) >= 11 is 12.0. The van der Waals surface area contributed by atoms with Gasteiger partial charge in [0.2, 0.25) is 10.0 Å². The summed E-state index contributed by atoms with van der Waals surface area (Å²) < 4.78 is 29.4. The van der Waals surface area contributed by atoms with Gasteiger partial charge in [-0.25, -0.2) is 8.42 Å². The van der Waals surface area contributed by atoms with Crippen LogP contribution in [0.2, 0.25) is 10.0 Å². The van der Waals surface area contributed by atoms with Gasteiger partial charge in [-0.05, 0) is 43.2 Å². The molecular formula is C15H16Cl2N2O2S. The highest BCUT2D eigenvalue weighted by molar-refractivity contribution is 7.89. The van der Waals surface area contributed by atoms with Gasteiger partial charge in [-0.15, -0.1) is 0 Å². The van der Waals surface area contributed by atoms with Gasteiger partial charge in [0, 0.05) is 30.0 Å². The van der Waals surface area contributed by atoms with Crippen LogP contribution in [-0.2, 0) is 23.6 Å². The summed E-state index contributed by atoms with van der Waals surface area (Å²) in [7, 11) is -1.78. The summed E-state index contributed by atoms with van der Waals surface area (Å²) in [5.41, 5.74) is 0.939. The highest BCUT2D eigenvalue weighted by Crippen LogP contribution is 2.36. The van der Waals surface area contributed by atoms with Crippen molar-refractivity contribution < 1.29 is 8.42 Å². The van der Waals surface area contributed by atoms with E-state index in [9.17, 15) is 8.42 Å². The van der Waals surface area contributed by atoms with E-state index >= 15 is 0 Å². The first kappa shape index (κ1) is 15.9. The Bertz CT molecular complexity index is 798. The van der Waals surface area contributed by atoms with Crippen molar-refractivity contribution in [1.29, 1.82) is 0 Å². The zero-order valence-corrected chi connectivity index (χ0v) is 14.4. The van der Waals surface area contributed by atoms with Crippen LogP contribution in [0.5, 0.6) is 0 Å². The van der Waals surface area contributed by atoms with E-state index in [0.717, 1.165) is 18.5 Å². The summed E-state index contributed by atoms with van der Waals surface area (Å²) in [5.74, 6) is 0. The van der Waals surface area contributed by atoms with Crippen LogP contribution < -0.4 is 0 Å². The van der Waals surface area contributed by atoms with E-state index in [0.29, 0.717) is 11.6 Å². The molecule has 0 bridgehead atoms. The third-order valence-electron chi connectivity index (χ3n) is 3.80. The van der Waals surface area contributed by atoms with Crippen LogP contribution in [0.3, 0.4) is 0 Å². The maximum atomic E-state index is 13.0. The highest BCUT2D eigenvalue weighted by Gasteiger charge is 2.39. The Hall–Kier alpha value is -1.01. The van der Waals surface area contributed by atoms with Gasteiger partial charge in [0.05, 0.1) is 11.6 Å². The molecule has 4 nitrogen and oxygen atoms in total. The molecule has 7 heteroatoms. The quantitative estimate of drug-likeness (QED) is 0.817. The number of hydrogen-bond acceptors (Lipinski definition) is 2. The third kappa shape index (κ3) is 3.04. The number of aromatic nitrogens is 1. The van der Waals surface area contributed by atoms with Crippen LogP contribution >= 0.6 is 23.2 Å². The number of hydrogen-bond donors (Lipinski definition) is 0. The van der Waals surface area contributed by atoms with Crippen LogP contribution in [0.1, 0.15) is 18.5 Å². The van der Waals surface area contributed by atoms with Crippen LogP contribution in [0, 0.1) is 0 Å². The van der Waals surface area contributed by atoms with Crippen molar-refractivity contribution in [2.45, 2.75) is 30.3 Å². The van der Waals surface area contributed by atoms with Gasteiger partial charge >= 0.3 is 0 Å². The Kier molecular flexibility index (Phi) is 4.25. The average molecular weight is 359 g/mol. The highest BCUT2D eigenvalue weighted by atomic mass is 35.5. The normalized spacial score (nSPS) is 15.5. The fourth-order valence-electron chi connectivity index (χ4n) is 2.39. The van der Waals surface area contributed by atoms with Gasteiger partial charge in [0.15, 0.2) is 0 Å². The molecule has 0 aliphatic heterocycles. The number of aryl methyl sites for hydroxylation is 1. The standard InChI is InChI=1S/C15H16Cl2N2O2S/c1-18-8-2-3-13(18)10-19(12-5-6-12)22(20,21)15-9-11(16)4-7-14(15)17/h2-4,7-9,12H,5-6,10H2,1H3. The number of sulfonamides is 1. The second-order valence-corrected chi connectivity index (χ2v) is 8.17. The third-order valence-corrected chi connectivity index (χ3v) is 6.42. The first-order chi connectivity index (χ1) is 10.4. The molecule has 1 saturated carbocycles. The van der Waals surface area contributed by atoms with Gasteiger partial charge in [-0.2, -0.15) is 4.31 Å². The Morgan fingerprint density at radius 1 is 1.27 bits per heavy atom. The van der Waals surface area contributed by atoms with Gasteiger partial charge < -0.3 is 4.57 Å². The zero-order valence-electron chi connectivity index (χ0n) is 12.0. The lowest BCUT2D eigenvalue weighted by Gasteiger charge is -2.23. The van der Waals surface area contributed by atoms with Gasteiger partial charge in [0.25, 0.3) is 0 Å². The monoisotopic (exact) mass is 358 g/mol. The Morgan fingerprint density at radius 2 is 2.00 bits per heavy atom. The minimum absolute atomic E-state index is 0.0370. The molecule has 0 spiro atoms. The first-order valence-corrected chi connectivity index (χ1v) is 9.16. The lowest BCUT2D eigenvalue weighted by Crippen LogP contribution is -2.33. The molecule has 0 radical (unpaired) electrons. The van der Waals surface area contributed by atoms with Crippen LogP contribution in [0.15, 0.2) is 41.4 Å². The van der Waals surface area contributed by atoms with Gasteiger partial charge in [0.1, 0.15) is 4.90 Å². The summed E-state index contributed by atoms with van der Waals surface area (Å²) in [6.07, 6.45) is 3.66. The Labute approximate surface area is 140 Å². The molecule has 3 rings (SSSR count). The van der Waals surface area contributed by atoms with E-state index in [1.54, 1.807) is 6.07 Å². The van der Waals surface area contributed by atoms with Crippen molar-refractivity contribution in [2.24, 2.45) is 7.05 Å². The molecule has 22 heavy (non-hydrogen) atoms. The molecule has 0 unspecified atom stereocenters. The van der Waals surface area contributed by atoms with Crippen molar-refractivity contribution in [3.05, 3.63) is 52.3 Å². The molecule has 2 aromatic rings. The van der Waals surface area contributed by atoms with E-state index in [2.05, 4.69) is 0 Å². The summed E-state index contributed by atoms with van der Waals surface area (Å²) in [5, 5.41) is 0.555. The van der Waals surface area contributed by atoms with E-state index in [1.165, 1.54) is 16.4 Å². The Balaban J connectivity index is 2.00. The van der Waals surface area contributed by atoms with Crippen molar-refractivity contribution in [3.8, 4) is 0 Å². The second-order valence-electron chi connectivity index (χ2n) is 5.47. The molecule has 1 fully saturated rings. The van der Waals surface area contributed by atoms with Crippen molar-refractivity contribution in [1.82, 2.24) is 8.87 Å². The van der Waals surface area contributed by atoms with E-state index in [4.69, 9.17) is 23.2 Å². The molecule has 1 aromatic carbocycles. The zero-order chi connectivity index (χ0) is 15.9. The predicted octanol–water partition coefficient (Wildman–Crippen LogP) is 3.69. The summed E-state index contributed by atoms with van der Waals surface area (Å²) in [6.45, 7) is 0.333. The number of rotatable bonds is 5. The molecule has 118 valence electrons. The molecule has 1 aliphatic rings. The topological polar surface area (TPSA) is 42.3 Å². The molecule has 1 aliphatic carbocycles. The SMILES string of the molecule is Cn1cccc1CN(C1CC1)S(=O)(=O)c1cc(Cl)ccc1Cl. The molecule has 0 atom stereocenters. The molecule has 0 amide bonds. The van der Waals surface area contributed by atoms with Crippen molar-refractivity contribution in [3.63, 3.8) is 0 Å². The lowest BCUT2D eigenvalue weighted by atomic mass is 10.4. The summed E-state index contributed by atoms with van der Waals surface area (Å²) in [6, 6.07) is 8.38. The maximum absolute atomic E-state index is 13.0. The largest absolute Gasteiger partial charge is 0.353 e. The van der Waals surface area contributed by atoms with Crippen LogP contribution in [0.4, 0.5) is 0 Å². The van der Waals surface area contributed by atoms with Crippen LogP contribution in [-0.4, -0.2) is 23.3 Å². The van der Waals surface area contributed by atoms with Crippen molar-refractivity contribution in [2.75, 3.05) is 0 Å². The van der Waals surface area contributed by atoms with E-state index < -0.39 is 10.0 Å². The minimum Gasteiger partial charge on any atom is -0.353 e. The molecule has 1 aromatic heterocycles. The number of halogens is 2. The minimum atomic E-state index is -3.68. The fourth-order valence-corrected chi connectivity index (χ4v) is 4.79.